The van der Waals surface area contributed by atoms with Gasteiger partial charge >= 0.3 is 5.97 Å². The number of carbonyl (C=O) groups is 1. The first kappa shape index (κ1) is 10.2. The predicted octanol–water partition coefficient (Wildman–Crippen LogP) is 1.90. The number of thioether (sulfide) groups is 1. The molecule has 13 heavy (non-hydrogen) atoms. The van der Waals surface area contributed by atoms with Crippen molar-refractivity contribution in [3.8, 4) is 0 Å². The second kappa shape index (κ2) is 4.97. The van der Waals surface area contributed by atoms with Gasteiger partial charge in [-0.25, -0.2) is 0 Å². The highest BCUT2D eigenvalue weighted by Crippen LogP contribution is 2.21. The van der Waals surface area contributed by atoms with Gasteiger partial charge in [-0.3, -0.25) is 4.79 Å². The normalized spacial score (nSPS) is 12.5. The zero-order valence-corrected chi connectivity index (χ0v) is 8.47. The van der Waals surface area contributed by atoms with Gasteiger partial charge in [0.15, 0.2) is 0 Å². The van der Waals surface area contributed by atoms with E-state index in [1.165, 1.54) is 7.11 Å². The van der Waals surface area contributed by atoms with E-state index in [0.29, 0.717) is 11.5 Å². The molecule has 0 spiro atoms. The van der Waals surface area contributed by atoms with Crippen LogP contribution in [0.5, 0.6) is 0 Å². The van der Waals surface area contributed by atoms with Gasteiger partial charge in [0.25, 0.3) is 0 Å². The molecule has 4 heteroatoms. The molecule has 0 saturated heterocycles. The maximum Gasteiger partial charge on any atom is 0.317 e. The van der Waals surface area contributed by atoms with Crippen molar-refractivity contribution in [2.24, 2.45) is 0 Å². The Labute approximate surface area is 81.4 Å². The summed E-state index contributed by atoms with van der Waals surface area (Å²) in [7, 11) is 1.39. The van der Waals surface area contributed by atoms with Gasteiger partial charge in [0, 0.05) is 5.75 Å². The molecule has 3 nitrogen and oxygen atoms in total. The molecule has 1 aromatic rings. The van der Waals surface area contributed by atoms with Gasteiger partial charge in [-0.05, 0) is 18.4 Å². The average Bonchev–Trinajstić information content (AvgIpc) is 2.65. The van der Waals surface area contributed by atoms with Gasteiger partial charge in [-0.15, -0.1) is 0 Å². The van der Waals surface area contributed by atoms with Gasteiger partial charge in [0.05, 0.1) is 13.4 Å². The van der Waals surface area contributed by atoms with E-state index < -0.39 is 0 Å². The molecular formula is C9H12O3S. The molecule has 0 amide bonds. The number of hydrogen-bond acceptors (Lipinski definition) is 4. The minimum atomic E-state index is -0.282. The molecule has 1 unspecified atom stereocenters. The third-order valence-corrected chi connectivity index (χ3v) is 2.37. The molecule has 0 N–H and O–H groups in total. The Morgan fingerprint density at radius 1 is 1.77 bits per heavy atom. The van der Waals surface area contributed by atoms with E-state index in [4.69, 9.17) is 4.42 Å². The summed E-state index contributed by atoms with van der Waals surface area (Å²) in [6.07, 6.45) is 3.50. The predicted molar refractivity (Wildman–Crippen MR) is 51.8 cm³/mol. The van der Waals surface area contributed by atoms with Gasteiger partial charge in [-0.1, -0.05) is 0 Å². The number of furan rings is 1. The van der Waals surface area contributed by atoms with Crippen molar-refractivity contribution >= 4 is 17.7 Å². The van der Waals surface area contributed by atoms with Crippen molar-refractivity contribution in [3.63, 3.8) is 0 Å². The summed E-state index contributed by atoms with van der Waals surface area (Å²) in [4.78, 5) is 11.3. The van der Waals surface area contributed by atoms with Crippen molar-refractivity contribution in [2.45, 2.75) is 5.92 Å². The van der Waals surface area contributed by atoms with Gasteiger partial charge in [0.2, 0.25) is 0 Å². The van der Waals surface area contributed by atoms with Gasteiger partial charge < -0.3 is 9.15 Å². The van der Waals surface area contributed by atoms with Crippen molar-refractivity contribution < 1.29 is 13.9 Å². The van der Waals surface area contributed by atoms with Crippen LogP contribution < -0.4 is 0 Å². The van der Waals surface area contributed by atoms with Gasteiger partial charge in [-0.2, -0.15) is 11.8 Å². The molecule has 0 saturated carbocycles. The van der Waals surface area contributed by atoms with Crippen molar-refractivity contribution in [3.05, 3.63) is 24.2 Å². The van der Waals surface area contributed by atoms with Crippen LogP contribution in [0.4, 0.5) is 0 Å². The highest BCUT2D eigenvalue weighted by molar-refractivity contribution is 7.98. The summed E-state index contributed by atoms with van der Waals surface area (Å²) < 4.78 is 9.83. The third kappa shape index (κ3) is 2.52. The van der Waals surface area contributed by atoms with E-state index in [0.717, 1.165) is 0 Å². The summed E-state index contributed by atoms with van der Waals surface area (Å²) in [6.45, 7) is 0. The zero-order valence-electron chi connectivity index (χ0n) is 7.65. The fourth-order valence-corrected chi connectivity index (χ4v) is 1.70. The lowest BCUT2D eigenvalue weighted by molar-refractivity contribution is -0.142. The summed E-state index contributed by atoms with van der Waals surface area (Å²) in [5.74, 6) is 0.820. The highest BCUT2D eigenvalue weighted by atomic mass is 32.2. The molecule has 0 aliphatic carbocycles. The summed E-state index contributed by atoms with van der Waals surface area (Å²) in [6, 6.07) is 3.56. The minimum Gasteiger partial charge on any atom is -0.468 e. The minimum absolute atomic E-state index is 0.246. The molecular weight excluding hydrogens is 188 g/mol. The van der Waals surface area contributed by atoms with Crippen molar-refractivity contribution in [2.75, 3.05) is 19.1 Å². The van der Waals surface area contributed by atoms with E-state index in [-0.39, 0.29) is 11.9 Å². The average molecular weight is 200 g/mol. The molecule has 1 rings (SSSR count). The van der Waals surface area contributed by atoms with Crippen LogP contribution in [0.3, 0.4) is 0 Å². The second-order valence-electron chi connectivity index (χ2n) is 2.55. The van der Waals surface area contributed by atoms with Crippen LogP contribution in [0, 0.1) is 0 Å². The van der Waals surface area contributed by atoms with Crippen LogP contribution in [0.15, 0.2) is 22.8 Å². The van der Waals surface area contributed by atoms with E-state index >= 15 is 0 Å². The molecule has 72 valence electrons. The molecule has 0 radical (unpaired) electrons. The van der Waals surface area contributed by atoms with Crippen LogP contribution >= 0.6 is 11.8 Å². The highest BCUT2D eigenvalue weighted by Gasteiger charge is 2.23. The number of rotatable bonds is 4. The van der Waals surface area contributed by atoms with Crippen LogP contribution in [-0.4, -0.2) is 25.1 Å². The number of ether oxygens (including phenoxy) is 1. The number of methoxy groups -OCH3 is 1. The standard InChI is InChI=1S/C9H12O3S/c1-11-9(10)7(6-13-2)8-4-3-5-12-8/h3-5,7H,6H2,1-2H3. The summed E-state index contributed by atoms with van der Waals surface area (Å²) >= 11 is 1.59. The fraction of sp³-hybridized carbons (Fsp3) is 0.444. The Balaban J connectivity index is 2.74. The first-order chi connectivity index (χ1) is 6.29. The maximum absolute atomic E-state index is 11.3. The first-order valence-electron chi connectivity index (χ1n) is 3.89. The monoisotopic (exact) mass is 200 g/mol. The van der Waals surface area contributed by atoms with Crippen molar-refractivity contribution in [1.82, 2.24) is 0 Å². The molecule has 1 atom stereocenters. The Morgan fingerprint density at radius 3 is 3.00 bits per heavy atom. The maximum atomic E-state index is 11.3. The number of esters is 1. The topological polar surface area (TPSA) is 39.4 Å². The number of hydrogen-bond donors (Lipinski definition) is 0. The first-order valence-corrected chi connectivity index (χ1v) is 5.29. The second-order valence-corrected chi connectivity index (χ2v) is 3.46. The lowest BCUT2D eigenvalue weighted by Crippen LogP contribution is -2.15. The quantitative estimate of drug-likeness (QED) is 0.696. The lowest BCUT2D eigenvalue weighted by Gasteiger charge is -2.09. The van der Waals surface area contributed by atoms with E-state index in [1.54, 1.807) is 30.2 Å². The Hall–Kier alpha value is -0.900. The van der Waals surface area contributed by atoms with Crippen molar-refractivity contribution in [1.29, 1.82) is 0 Å². The van der Waals surface area contributed by atoms with Gasteiger partial charge in [0.1, 0.15) is 11.7 Å². The third-order valence-electron chi connectivity index (χ3n) is 1.71. The van der Waals surface area contributed by atoms with E-state index in [2.05, 4.69) is 4.74 Å². The molecule has 0 fully saturated rings. The van der Waals surface area contributed by atoms with E-state index in [9.17, 15) is 4.79 Å². The van der Waals surface area contributed by atoms with Crippen LogP contribution in [0.25, 0.3) is 0 Å². The molecule has 0 aliphatic rings. The Bertz CT molecular complexity index is 256. The van der Waals surface area contributed by atoms with Crippen LogP contribution in [0.2, 0.25) is 0 Å². The molecule has 1 aromatic heterocycles. The zero-order chi connectivity index (χ0) is 9.68. The smallest absolute Gasteiger partial charge is 0.317 e. The molecule has 0 aromatic carbocycles. The Morgan fingerprint density at radius 2 is 2.54 bits per heavy atom. The fourth-order valence-electron chi connectivity index (χ4n) is 1.06. The largest absolute Gasteiger partial charge is 0.468 e. The van der Waals surface area contributed by atoms with Crippen LogP contribution in [-0.2, 0) is 9.53 Å². The SMILES string of the molecule is COC(=O)C(CSC)c1ccco1. The molecule has 0 aliphatic heterocycles. The summed E-state index contributed by atoms with van der Waals surface area (Å²) in [5, 5.41) is 0. The van der Waals surface area contributed by atoms with E-state index in [1.807, 2.05) is 6.26 Å². The Kier molecular flexibility index (Phi) is 3.89. The molecule has 0 bridgehead atoms. The molecule has 1 heterocycles. The summed E-state index contributed by atoms with van der Waals surface area (Å²) in [5.41, 5.74) is 0. The lowest BCUT2D eigenvalue weighted by atomic mass is 10.1. The van der Waals surface area contributed by atoms with Crippen LogP contribution in [0.1, 0.15) is 11.7 Å². The number of carbonyl (C=O) groups excluding carboxylic acids is 1.